The summed E-state index contributed by atoms with van der Waals surface area (Å²) < 4.78 is 19.3. The molecular formula is C18H21Cl2FN2O2. The molecule has 1 aliphatic heterocycles. The Bertz CT molecular complexity index is 817. The molecule has 0 bridgehead atoms. The van der Waals surface area contributed by atoms with Gasteiger partial charge in [-0.05, 0) is 50.4 Å². The molecule has 0 spiro atoms. The number of hydrogen-bond donors (Lipinski definition) is 2. The topological polar surface area (TPSA) is 54.1 Å². The Kier molecular flexibility index (Phi) is 5.02. The highest BCUT2D eigenvalue weighted by Crippen LogP contribution is 2.53. The first kappa shape index (κ1) is 18.5. The maximum Gasteiger partial charge on any atom is 0.314 e. The first-order valence-corrected chi connectivity index (χ1v) is 8.84. The van der Waals surface area contributed by atoms with E-state index in [0.717, 1.165) is 54.4 Å². The maximum atomic E-state index is 13.9. The van der Waals surface area contributed by atoms with Gasteiger partial charge in [-0.1, -0.05) is 18.0 Å². The van der Waals surface area contributed by atoms with E-state index in [0.29, 0.717) is 6.61 Å². The summed E-state index contributed by atoms with van der Waals surface area (Å²) in [5, 5.41) is 4.45. The highest BCUT2D eigenvalue weighted by Gasteiger charge is 2.53. The summed E-state index contributed by atoms with van der Waals surface area (Å²) >= 11 is 5.92. The molecule has 136 valence electrons. The second-order valence-corrected chi connectivity index (χ2v) is 7.10. The van der Waals surface area contributed by atoms with Gasteiger partial charge in [-0.2, -0.15) is 0 Å². The third-order valence-corrected chi connectivity index (χ3v) is 5.76. The average Bonchev–Trinajstić information content (AvgIpc) is 2.85. The van der Waals surface area contributed by atoms with Crippen LogP contribution in [0.5, 0.6) is 0 Å². The van der Waals surface area contributed by atoms with E-state index < -0.39 is 11.2 Å². The van der Waals surface area contributed by atoms with E-state index in [1.807, 2.05) is 6.92 Å². The zero-order chi connectivity index (χ0) is 16.9. The Morgan fingerprint density at radius 3 is 2.84 bits per heavy atom. The van der Waals surface area contributed by atoms with Gasteiger partial charge in [0.1, 0.15) is 5.82 Å². The Labute approximate surface area is 156 Å². The number of benzene rings is 1. The molecule has 2 heterocycles. The highest BCUT2D eigenvalue weighted by molar-refractivity contribution is 6.31. The van der Waals surface area contributed by atoms with Crippen molar-refractivity contribution in [2.24, 2.45) is 5.41 Å². The second-order valence-electron chi connectivity index (χ2n) is 6.70. The van der Waals surface area contributed by atoms with Gasteiger partial charge in [0, 0.05) is 16.6 Å². The molecule has 1 atom stereocenters. The lowest BCUT2D eigenvalue weighted by Crippen LogP contribution is -2.51. The summed E-state index contributed by atoms with van der Waals surface area (Å²) in [6.07, 6.45) is 3.44. The highest BCUT2D eigenvalue weighted by atomic mass is 35.5. The molecule has 0 amide bonds. The van der Waals surface area contributed by atoms with Crippen molar-refractivity contribution < 1.29 is 13.9 Å². The Hall–Kier alpha value is -1.30. The number of H-pyrrole nitrogens is 1. The average molecular weight is 387 g/mol. The first-order valence-electron chi connectivity index (χ1n) is 8.47. The molecule has 25 heavy (non-hydrogen) atoms. The number of fused-ring (bicyclic) bond motifs is 3. The number of halogens is 3. The summed E-state index contributed by atoms with van der Waals surface area (Å²) in [4.78, 5) is 16.0. The van der Waals surface area contributed by atoms with E-state index in [1.165, 1.54) is 6.07 Å². The summed E-state index contributed by atoms with van der Waals surface area (Å²) in [5.41, 5.74) is 2.36. The van der Waals surface area contributed by atoms with Crippen molar-refractivity contribution >= 4 is 40.9 Å². The third kappa shape index (κ3) is 2.73. The molecule has 0 saturated heterocycles. The molecule has 2 N–H and O–H groups in total. The van der Waals surface area contributed by atoms with E-state index in [4.69, 9.17) is 16.3 Å². The Morgan fingerprint density at radius 2 is 2.20 bits per heavy atom. The first-order chi connectivity index (χ1) is 11.6. The molecule has 1 fully saturated rings. The number of aromatic nitrogens is 1. The number of ether oxygens (including phenoxy) is 1. The maximum absolute atomic E-state index is 13.9. The molecule has 1 aliphatic carbocycles. The molecule has 1 aromatic carbocycles. The minimum atomic E-state index is -0.519. The molecule has 4 rings (SSSR count). The quantitative estimate of drug-likeness (QED) is 0.772. The van der Waals surface area contributed by atoms with Crippen LogP contribution in [0.25, 0.3) is 10.9 Å². The Morgan fingerprint density at radius 1 is 1.44 bits per heavy atom. The van der Waals surface area contributed by atoms with Crippen molar-refractivity contribution in [3.05, 3.63) is 34.2 Å². The Balaban J connectivity index is 0.00000182. The molecule has 7 heteroatoms. The normalized spacial score (nSPS) is 21.2. The molecule has 2 aliphatic rings. The lowest BCUT2D eigenvalue weighted by Gasteiger charge is -2.46. The van der Waals surface area contributed by atoms with Crippen LogP contribution in [0.3, 0.4) is 0 Å². The molecule has 1 unspecified atom stereocenters. The van der Waals surface area contributed by atoms with Crippen molar-refractivity contribution in [2.75, 3.05) is 13.2 Å². The predicted molar refractivity (Wildman–Crippen MR) is 97.9 cm³/mol. The summed E-state index contributed by atoms with van der Waals surface area (Å²) in [5.74, 6) is -0.547. The largest absolute Gasteiger partial charge is 0.466 e. The standard InChI is InChI=1S/C18H20ClFN2O2.ClH/c1-2-24-17(23)18(5-3-6-18)16-15-10(4-7-21-16)11-8-13(20)12(19)9-14(11)22-15;/h8-9,16,21-22H,2-7H2,1H3;1H. The van der Waals surface area contributed by atoms with Crippen LogP contribution in [0.15, 0.2) is 12.1 Å². The van der Waals surface area contributed by atoms with E-state index in [1.54, 1.807) is 6.07 Å². The number of aromatic amines is 1. The molecular weight excluding hydrogens is 366 g/mol. The minimum Gasteiger partial charge on any atom is -0.466 e. The molecule has 1 saturated carbocycles. The van der Waals surface area contributed by atoms with Crippen molar-refractivity contribution in [1.82, 2.24) is 10.3 Å². The molecule has 4 nitrogen and oxygen atoms in total. The van der Waals surface area contributed by atoms with Gasteiger partial charge in [-0.3, -0.25) is 4.79 Å². The van der Waals surface area contributed by atoms with Crippen molar-refractivity contribution in [3.8, 4) is 0 Å². The zero-order valence-corrected chi connectivity index (χ0v) is 15.5. The minimum absolute atomic E-state index is 0. The van der Waals surface area contributed by atoms with Crippen LogP contribution in [0.4, 0.5) is 4.39 Å². The van der Waals surface area contributed by atoms with Crippen LogP contribution in [-0.4, -0.2) is 24.1 Å². The fourth-order valence-corrected chi connectivity index (χ4v) is 4.30. The fourth-order valence-electron chi connectivity index (χ4n) is 4.14. The van der Waals surface area contributed by atoms with Gasteiger partial charge in [0.25, 0.3) is 0 Å². The lowest BCUT2D eigenvalue weighted by atomic mass is 9.62. The van der Waals surface area contributed by atoms with E-state index in [9.17, 15) is 9.18 Å². The van der Waals surface area contributed by atoms with Crippen LogP contribution in [0.2, 0.25) is 5.02 Å². The number of carbonyl (C=O) groups is 1. The SMILES string of the molecule is CCOC(=O)C1(C2NCCc3c2[nH]c2cc(Cl)c(F)cc32)CCC1.Cl. The third-order valence-electron chi connectivity index (χ3n) is 5.47. The number of esters is 1. The van der Waals surface area contributed by atoms with Gasteiger partial charge in [0.2, 0.25) is 0 Å². The second kappa shape index (κ2) is 6.78. The van der Waals surface area contributed by atoms with Crippen molar-refractivity contribution in [1.29, 1.82) is 0 Å². The van der Waals surface area contributed by atoms with E-state index in [2.05, 4.69) is 10.3 Å². The number of hydrogen-bond acceptors (Lipinski definition) is 3. The summed E-state index contributed by atoms with van der Waals surface area (Å²) in [6, 6.07) is 3.00. The van der Waals surface area contributed by atoms with Crippen LogP contribution >= 0.6 is 24.0 Å². The van der Waals surface area contributed by atoms with Gasteiger partial charge in [-0.25, -0.2) is 4.39 Å². The van der Waals surface area contributed by atoms with E-state index >= 15 is 0 Å². The predicted octanol–water partition coefficient (Wildman–Crippen LogP) is 4.30. The van der Waals surface area contributed by atoms with Crippen LogP contribution < -0.4 is 5.32 Å². The van der Waals surface area contributed by atoms with E-state index in [-0.39, 0.29) is 29.4 Å². The molecule has 2 aromatic rings. The summed E-state index contributed by atoms with van der Waals surface area (Å²) in [7, 11) is 0. The van der Waals surface area contributed by atoms with Crippen LogP contribution in [0.1, 0.15) is 43.5 Å². The smallest absolute Gasteiger partial charge is 0.314 e. The van der Waals surface area contributed by atoms with Crippen LogP contribution in [-0.2, 0) is 16.0 Å². The fraction of sp³-hybridized carbons (Fsp3) is 0.500. The molecule has 0 radical (unpaired) electrons. The zero-order valence-electron chi connectivity index (χ0n) is 14.0. The van der Waals surface area contributed by atoms with Gasteiger partial charge in [0.15, 0.2) is 0 Å². The van der Waals surface area contributed by atoms with Crippen LogP contribution in [0, 0.1) is 11.2 Å². The number of carbonyl (C=O) groups excluding carboxylic acids is 1. The van der Waals surface area contributed by atoms with Gasteiger partial charge < -0.3 is 15.0 Å². The summed E-state index contributed by atoms with van der Waals surface area (Å²) in [6.45, 7) is 2.97. The molecule has 1 aromatic heterocycles. The lowest BCUT2D eigenvalue weighted by molar-refractivity contribution is -0.164. The number of rotatable bonds is 3. The van der Waals surface area contributed by atoms with Gasteiger partial charge >= 0.3 is 5.97 Å². The number of nitrogens with one attached hydrogen (secondary N) is 2. The van der Waals surface area contributed by atoms with Gasteiger partial charge in [-0.15, -0.1) is 12.4 Å². The monoisotopic (exact) mass is 386 g/mol. The van der Waals surface area contributed by atoms with Gasteiger partial charge in [0.05, 0.1) is 23.1 Å². The van der Waals surface area contributed by atoms with Crippen molar-refractivity contribution in [2.45, 2.75) is 38.6 Å². The van der Waals surface area contributed by atoms with Crippen molar-refractivity contribution in [3.63, 3.8) is 0 Å².